The molecule has 1 unspecified atom stereocenters. The van der Waals surface area contributed by atoms with Crippen LogP contribution >= 0.6 is 0 Å². The topological polar surface area (TPSA) is 68.5 Å². The van der Waals surface area contributed by atoms with Gasteiger partial charge < -0.3 is 14.2 Å². The van der Waals surface area contributed by atoms with Gasteiger partial charge in [0.05, 0.1) is 0 Å². The second-order valence-corrected chi connectivity index (χ2v) is 4.70. The van der Waals surface area contributed by atoms with Crippen LogP contribution in [0.2, 0.25) is 0 Å². The molecule has 6 heteroatoms. The van der Waals surface area contributed by atoms with Gasteiger partial charge in [0.25, 0.3) is 0 Å². The molecule has 6 nitrogen and oxygen atoms in total. The molecule has 100 valence electrons. The van der Waals surface area contributed by atoms with Gasteiger partial charge in [0, 0.05) is 39.6 Å². The first kappa shape index (κ1) is 13.0. The smallest absolute Gasteiger partial charge is 0.222 e. The van der Waals surface area contributed by atoms with Crippen LogP contribution in [-0.2, 0) is 16.0 Å². The minimum Gasteiger partial charge on any atom is -0.381 e. The van der Waals surface area contributed by atoms with E-state index in [4.69, 9.17) is 4.74 Å². The van der Waals surface area contributed by atoms with Crippen molar-refractivity contribution in [2.45, 2.75) is 25.7 Å². The van der Waals surface area contributed by atoms with Crippen molar-refractivity contribution in [3.05, 3.63) is 12.2 Å². The van der Waals surface area contributed by atoms with Gasteiger partial charge in [-0.15, -0.1) is 0 Å². The van der Waals surface area contributed by atoms with Crippen molar-refractivity contribution in [3.63, 3.8) is 0 Å². The van der Waals surface area contributed by atoms with E-state index in [0.29, 0.717) is 37.7 Å². The minimum atomic E-state index is 0.161. The summed E-state index contributed by atoms with van der Waals surface area (Å²) in [7, 11) is 1.81. The van der Waals surface area contributed by atoms with Crippen molar-refractivity contribution in [2.75, 3.05) is 26.8 Å². The summed E-state index contributed by atoms with van der Waals surface area (Å²) in [6, 6.07) is 0. The minimum absolute atomic E-state index is 0.161. The summed E-state index contributed by atoms with van der Waals surface area (Å²) in [4.78, 5) is 17.6. The monoisotopic (exact) mass is 253 g/mol. The molecule has 18 heavy (non-hydrogen) atoms. The molecule has 1 aromatic heterocycles. The summed E-state index contributed by atoms with van der Waals surface area (Å²) in [5, 5.41) is 3.72. The van der Waals surface area contributed by atoms with Crippen molar-refractivity contribution < 1.29 is 14.1 Å². The van der Waals surface area contributed by atoms with Crippen molar-refractivity contribution >= 4 is 5.91 Å². The van der Waals surface area contributed by atoms with Crippen LogP contribution in [0, 0.1) is 5.92 Å². The molecule has 2 rings (SSSR count). The standard InChI is InChI=1S/C12H19N3O3/c1-15(5-4-11-13-9-18-14-11)12(16)7-10-3-2-6-17-8-10/h9-10H,2-8H2,1H3. The highest BCUT2D eigenvalue weighted by Gasteiger charge is 2.19. The molecule has 0 N–H and O–H groups in total. The van der Waals surface area contributed by atoms with Crippen LogP contribution in [0.4, 0.5) is 0 Å². The van der Waals surface area contributed by atoms with Crippen LogP contribution in [0.15, 0.2) is 10.9 Å². The van der Waals surface area contributed by atoms with Gasteiger partial charge in [-0.1, -0.05) is 5.16 Å². The molecule has 0 spiro atoms. The first-order valence-corrected chi connectivity index (χ1v) is 6.32. The third kappa shape index (κ3) is 3.80. The zero-order valence-corrected chi connectivity index (χ0v) is 10.7. The fourth-order valence-electron chi connectivity index (χ4n) is 2.07. The summed E-state index contributed by atoms with van der Waals surface area (Å²) in [5.41, 5.74) is 0. The lowest BCUT2D eigenvalue weighted by molar-refractivity contribution is -0.132. The molecule has 1 aromatic rings. The molecule has 0 saturated carbocycles. The van der Waals surface area contributed by atoms with Gasteiger partial charge in [-0.05, 0) is 18.8 Å². The Kier molecular flexibility index (Phi) is 4.69. The fourth-order valence-corrected chi connectivity index (χ4v) is 2.07. The number of nitrogens with zero attached hydrogens (tertiary/aromatic N) is 3. The Morgan fingerprint density at radius 3 is 3.17 bits per heavy atom. The Bertz CT molecular complexity index is 361. The predicted octanol–water partition coefficient (Wildman–Crippen LogP) is 0.887. The fraction of sp³-hybridized carbons (Fsp3) is 0.750. The SMILES string of the molecule is CN(CCc1ncon1)C(=O)CC1CCCOC1. The number of rotatable bonds is 5. The molecule has 1 aliphatic heterocycles. The van der Waals surface area contributed by atoms with Crippen molar-refractivity contribution in [1.29, 1.82) is 0 Å². The maximum absolute atomic E-state index is 12.0. The van der Waals surface area contributed by atoms with Crippen LogP contribution in [0.5, 0.6) is 0 Å². The zero-order chi connectivity index (χ0) is 12.8. The van der Waals surface area contributed by atoms with E-state index in [2.05, 4.69) is 14.7 Å². The van der Waals surface area contributed by atoms with E-state index < -0.39 is 0 Å². The van der Waals surface area contributed by atoms with Crippen LogP contribution in [-0.4, -0.2) is 47.8 Å². The molecule has 2 heterocycles. The summed E-state index contributed by atoms with van der Waals surface area (Å²) in [5.74, 6) is 1.17. The average molecular weight is 253 g/mol. The lowest BCUT2D eigenvalue weighted by atomic mass is 9.98. The van der Waals surface area contributed by atoms with E-state index in [0.717, 1.165) is 19.4 Å². The highest BCUT2D eigenvalue weighted by Crippen LogP contribution is 2.17. The molecule has 1 aliphatic rings. The third-order valence-corrected chi connectivity index (χ3v) is 3.22. The Labute approximate surface area is 106 Å². The first-order valence-electron chi connectivity index (χ1n) is 6.32. The van der Waals surface area contributed by atoms with E-state index in [1.54, 1.807) is 4.90 Å². The molecule has 1 amide bonds. The second kappa shape index (κ2) is 6.49. The molecule has 0 bridgehead atoms. The predicted molar refractivity (Wildman–Crippen MR) is 63.8 cm³/mol. The number of aromatic nitrogens is 2. The number of carbonyl (C=O) groups is 1. The van der Waals surface area contributed by atoms with Crippen molar-refractivity contribution in [3.8, 4) is 0 Å². The molecule has 1 saturated heterocycles. The van der Waals surface area contributed by atoms with Crippen LogP contribution in [0.1, 0.15) is 25.1 Å². The van der Waals surface area contributed by atoms with E-state index >= 15 is 0 Å². The number of hydrogen-bond donors (Lipinski definition) is 0. The molecule has 0 aromatic carbocycles. The van der Waals surface area contributed by atoms with Gasteiger partial charge >= 0.3 is 0 Å². The van der Waals surface area contributed by atoms with Crippen LogP contribution in [0.25, 0.3) is 0 Å². The van der Waals surface area contributed by atoms with E-state index in [1.165, 1.54) is 6.39 Å². The average Bonchev–Trinajstić information content (AvgIpc) is 2.90. The highest BCUT2D eigenvalue weighted by molar-refractivity contribution is 5.76. The first-order chi connectivity index (χ1) is 8.75. The van der Waals surface area contributed by atoms with E-state index in [-0.39, 0.29) is 5.91 Å². The molecular formula is C12H19N3O3. The van der Waals surface area contributed by atoms with E-state index in [9.17, 15) is 4.79 Å². The van der Waals surface area contributed by atoms with Crippen molar-refractivity contribution in [2.24, 2.45) is 5.92 Å². The van der Waals surface area contributed by atoms with Gasteiger partial charge in [0.15, 0.2) is 5.82 Å². The third-order valence-electron chi connectivity index (χ3n) is 3.22. The van der Waals surface area contributed by atoms with Gasteiger partial charge in [0.1, 0.15) is 0 Å². The Hall–Kier alpha value is -1.43. The second-order valence-electron chi connectivity index (χ2n) is 4.70. The molecule has 0 aliphatic carbocycles. The van der Waals surface area contributed by atoms with Gasteiger partial charge in [-0.25, -0.2) is 0 Å². The van der Waals surface area contributed by atoms with Crippen LogP contribution in [0.3, 0.4) is 0 Å². The summed E-state index contributed by atoms with van der Waals surface area (Å²) in [6.45, 7) is 2.16. The number of likely N-dealkylation sites (N-methyl/N-ethyl adjacent to an activating group) is 1. The summed E-state index contributed by atoms with van der Waals surface area (Å²) >= 11 is 0. The Morgan fingerprint density at radius 1 is 1.61 bits per heavy atom. The van der Waals surface area contributed by atoms with Gasteiger partial charge in [-0.2, -0.15) is 4.98 Å². The lowest BCUT2D eigenvalue weighted by Gasteiger charge is -2.24. The van der Waals surface area contributed by atoms with Crippen LogP contribution < -0.4 is 0 Å². The summed E-state index contributed by atoms with van der Waals surface area (Å²) in [6.07, 6.45) is 4.65. The Morgan fingerprint density at radius 2 is 2.50 bits per heavy atom. The molecular weight excluding hydrogens is 234 g/mol. The number of hydrogen-bond acceptors (Lipinski definition) is 5. The maximum atomic E-state index is 12.0. The highest BCUT2D eigenvalue weighted by atomic mass is 16.5. The normalized spacial score (nSPS) is 19.7. The lowest BCUT2D eigenvalue weighted by Crippen LogP contribution is -2.32. The zero-order valence-electron chi connectivity index (χ0n) is 10.7. The Balaban J connectivity index is 1.70. The molecule has 0 radical (unpaired) electrons. The largest absolute Gasteiger partial charge is 0.381 e. The molecule has 1 atom stereocenters. The van der Waals surface area contributed by atoms with Gasteiger partial charge in [0.2, 0.25) is 12.3 Å². The maximum Gasteiger partial charge on any atom is 0.222 e. The number of amides is 1. The quantitative estimate of drug-likeness (QED) is 0.779. The number of ether oxygens (including phenoxy) is 1. The molecule has 1 fully saturated rings. The van der Waals surface area contributed by atoms with Crippen molar-refractivity contribution in [1.82, 2.24) is 15.0 Å². The van der Waals surface area contributed by atoms with Gasteiger partial charge in [-0.3, -0.25) is 4.79 Å². The van der Waals surface area contributed by atoms with E-state index in [1.807, 2.05) is 7.05 Å². The number of carbonyl (C=O) groups excluding carboxylic acids is 1. The summed E-state index contributed by atoms with van der Waals surface area (Å²) < 4.78 is 10.0.